The number of nitrogens with two attached hydrogens (primary N) is 1. The van der Waals surface area contributed by atoms with Gasteiger partial charge < -0.3 is 37.2 Å². The highest BCUT2D eigenvalue weighted by atomic mass is 16.4. The lowest BCUT2D eigenvalue weighted by atomic mass is 10.0. The molecule has 32 heavy (non-hydrogen) atoms. The summed E-state index contributed by atoms with van der Waals surface area (Å²) in [5.74, 6) is -6.30. The second-order valence-corrected chi connectivity index (χ2v) is 7.94. The lowest BCUT2D eigenvalue weighted by Gasteiger charge is -2.25. The molecule has 1 rings (SSSR count). The van der Waals surface area contributed by atoms with Crippen LogP contribution in [0.15, 0.2) is 0 Å². The monoisotopic (exact) mass is 457 g/mol. The van der Waals surface area contributed by atoms with E-state index < -0.39 is 72.1 Å². The summed E-state index contributed by atoms with van der Waals surface area (Å²) in [5.41, 5.74) is 5.13. The minimum absolute atomic E-state index is 0.162. The largest absolute Gasteiger partial charge is 0.481 e. The molecule has 0 aromatic heterocycles. The van der Waals surface area contributed by atoms with E-state index in [-0.39, 0.29) is 12.8 Å². The Labute approximate surface area is 184 Å². The van der Waals surface area contributed by atoms with E-state index in [4.69, 9.17) is 10.8 Å². The number of aliphatic carboxylic acids is 2. The fraction of sp³-hybridized carbons (Fsp3) is 0.684. The number of carbonyl (C=O) groups is 6. The Morgan fingerprint density at radius 3 is 2.09 bits per heavy atom. The van der Waals surface area contributed by atoms with Crippen LogP contribution in [0.5, 0.6) is 0 Å². The third kappa shape index (κ3) is 8.88. The number of carbonyl (C=O) groups excluding carboxylic acids is 4. The molecule has 4 atom stereocenters. The van der Waals surface area contributed by atoms with Gasteiger partial charge in [0.1, 0.15) is 18.1 Å². The fourth-order valence-electron chi connectivity index (χ4n) is 3.16. The van der Waals surface area contributed by atoms with Gasteiger partial charge in [-0.15, -0.1) is 0 Å². The SMILES string of the molecule is CC(C)C(NC(=O)C(CC(=O)O)NC(=O)C(CCC(N)=O)NC(=O)C1CCCN1)C(=O)O. The van der Waals surface area contributed by atoms with Crippen LogP contribution < -0.4 is 27.0 Å². The summed E-state index contributed by atoms with van der Waals surface area (Å²) < 4.78 is 0. The Bertz CT molecular complexity index is 735. The van der Waals surface area contributed by atoms with Gasteiger partial charge in [-0.2, -0.15) is 0 Å². The average Bonchev–Trinajstić information content (AvgIpc) is 3.22. The topological polar surface area (TPSA) is 217 Å². The Morgan fingerprint density at radius 2 is 1.62 bits per heavy atom. The zero-order valence-electron chi connectivity index (χ0n) is 18.1. The lowest BCUT2D eigenvalue weighted by molar-refractivity contribution is -0.144. The number of amides is 4. The van der Waals surface area contributed by atoms with E-state index in [1.165, 1.54) is 0 Å². The van der Waals surface area contributed by atoms with Gasteiger partial charge in [0.05, 0.1) is 12.5 Å². The average molecular weight is 457 g/mol. The van der Waals surface area contributed by atoms with E-state index in [0.29, 0.717) is 13.0 Å². The van der Waals surface area contributed by atoms with Crippen LogP contribution in [-0.4, -0.2) is 76.5 Å². The van der Waals surface area contributed by atoms with Crippen molar-refractivity contribution in [3.05, 3.63) is 0 Å². The van der Waals surface area contributed by atoms with Crippen LogP contribution >= 0.6 is 0 Å². The number of nitrogens with one attached hydrogen (secondary N) is 4. The van der Waals surface area contributed by atoms with Gasteiger partial charge in [-0.25, -0.2) is 4.79 Å². The fourth-order valence-corrected chi connectivity index (χ4v) is 3.16. The van der Waals surface area contributed by atoms with Crippen molar-refractivity contribution in [3.8, 4) is 0 Å². The third-order valence-electron chi connectivity index (χ3n) is 4.93. The van der Waals surface area contributed by atoms with Crippen molar-refractivity contribution < 1.29 is 39.0 Å². The number of hydrogen-bond donors (Lipinski definition) is 7. The van der Waals surface area contributed by atoms with Gasteiger partial charge in [-0.05, 0) is 31.7 Å². The van der Waals surface area contributed by atoms with E-state index >= 15 is 0 Å². The van der Waals surface area contributed by atoms with Crippen LogP contribution in [0.3, 0.4) is 0 Å². The highest BCUT2D eigenvalue weighted by Gasteiger charge is 2.33. The molecule has 180 valence electrons. The molecule has 13 heteroatoms. The Kier molecular flexibility index (Phi) is 10.5. The molecule has 8 N–H and O–H groups in total. The molecule has 0 saturated carbocycles. The Hall–Kier alpha value is -3.22. The summed E-state index contributed by atoms with van der Waals surface area (Å²) >= 11 is 0. The zero-order valence-corrected chi connectivity index (χ0v) is 18.1. The van der Waals surface area contributed by atoms with Crippen LogP contribution in [0.4, 0.5) is 0 Å². The van der Waals surface area contributed by atoms with E-state index in [0.717, 1.165) is 6.42 Å². The minimum Gasteiger partial charge on any atom is -0.481 e. The molecule has 4 unspecified atom stereocenters. The Morgan fingerprint density at radius 1 is 1.00 bits per heavy atom. The van der Waals surface area contributed by atoms with Gasteiger partial charge in [-0.3, -0.25) is 24.0 Å². The van der Waals surface area contributed by atoms with Crippen molar-refractivity contribution in [1.82, 2.24) is 21.3 Å². The maximum absolute atomic E-state index is 12.8. The maximum atomic E-state index is 12.8. The number of carboxylic acids is 2. The van der Waals surface area contributed by atoms with Crippen molar-refractivity contribution in [2.24, 2.45) is 11.7 Å². The summed E-state index contributed by atoms with van der Waals surface area (Å²) in [6.07, 6.45) is 0.123. The van der Waals surface area contributed by atoms with E-state index in [1.54, 1.807) is 13.8 Å². The summed E-state index contributed by atoms with van der Waals surface area (Å²) in [4.78, 5) is 71.4. The summed E-state index contributed by atoms with van der Waals surface area (Å²) in [7, 11) is 0. The molecule has 0 radical (unpaired) electrons. The van der Waals surface area contributed by atoms with Crippen LogP contribution in [0.25, 0.3) is 0 Å². The van der Waals surface area contributed by atoms with Crippen LogP contribution in [0.1, 0.15) is 46.0 Å². The number of primary amides is 1. The molecule has 0 bridgehead atoms. The molecule has 1 aliphatic rings. The first kappa shape index (κ1) is 26.8. The lowest BCUT2D eigenvalue weighted by Crippen LogP contribution is -2.58. The van der Waals surface area contributed by atoms with Gasteiger partial charge >= 0.3 is 11.9 Å². The molecule has 4 amide bonds. The molecule has 1 fully saturated rings. The van der Waals surface area contributed by atoms with Crippen molar-refractivity contribution >= 4 is 35.6 Å². The van der Waals surface area contributed by atoms with E-state index in [9.17, 15) is 33.9 Å². The van der Waals surface area contributed by atoms with Gasteiger partial charge in [-0.1, -0.05) is 13.8 Å². The van der Waals surface area contributed by atoms with Crippen molar-refractivity contribution in [1.29, 1.82) is 0 Å². The molecular formula is C19H31N5O8. The minimum atomic E-state index is -1.60. The first-order chi connectivity index (χ1) is 14.9. The standard InChI is InChI=1S/C19H31N5O8/c1-9(2)15(19(31)32)24-18(30)12(8-14(26)27)23-17(29)11(5-6-13(20)25)22-16(28)10-4-3-7-21-10/h9-12,15,21H,3-8H2,1-2H3,(H2,20,25)(H,22,28)(H,23,29)(H,24,30)(H,26,27)(H,31,32). The Balaban J connectivity index is 2.95. The molecule has 0 aromatic carbocycles. The molecule has 0 spiro atoms. The first-order valence-corrected chi connectivity index (χ1v) is 10.3. The van der Waals surface area contributed by atoms with Crippen LogP contribution in [0, 0.1) is 5.92 Å². The molecule has 0 aromatic rings. The molecule has 0 aliphatic carbocycles. The highest BCUT2D eigenvalue weighted by Crippen LogP contribution is 2.08. The van der Waals surface area contributed by atoms with E-state index in [1.807, 2.05) is 0 Å². The second-order valence-electron chi connectivity index (χ2n) is 7.94. The smallest absolute Gasteiger partial charge is 0.326 e. The number of carboxylic acid groups (broad SMARTS) is 2. The summed E-state index contributed by atoms with van der Waals surface area (Å²) in [6.45, 7) is 3.74. The molecule has 13 nitrogen and oxygen atoms in total. The van der Waals surface area contributed by atoms with Crippen LogP contribution in [-0.2, 0) is 28.8 Å². The molecular weight excluding hydrogens is 426 g/mol. The van der Waals surface area contributed by atoms with Crippen molar-refractivity contribution in [2.45, 2.75) is 70.1 Å². The normalized spacial score (nSPS) is 18.3. The quantitative estimate of drug-likeness (QED) is 0.158. The van der Waals surface area contributed by atoms with Gasteiger partial charge in [0, 0.05) is 6.42 Å². The summed E-state index contributed by atoms with van der Waals surface area (Å²) in [5, 5.41) is 28.3. The first-order valence-electron chi connectivity index (χ1n) is 10.3. The van der Waals surface area contributed by atoms with E-state index in [2.05, 4.69) is 21.3 Å². The van der Waals surface area contributed by atoms with Gasteiger partial charge in [0.15, 0.2) is 0 Å². The predicted octanol–water partition coefficient (Wildman–Crippen LogP) is -2.33. The molecule has 1 saturated heterocycles. The summed E-state index contributed by atoms with van der Waals surface area (Å²) in [6, 6.07) is -4.66. The number of hydrogen-bond acceptors (Lipinski definition) is 7. The number of rotatable bonds is 13. The van der Waals surface area contributed by atoms with Crippen LogP contribution in [0.2, 0.25) is 0 Å². The maximum Gasteiger partial charge on any atom is 0.326 e. The molecule has 1 aliphatic heterocycles. The third-order valence-corrected chi connectivity index (χ3v) is 4.93. The molecule has 1 heterocycles. The predicted molar refractivity (Wildman–Crippen MR) is 110 cm³/mol. The van der Waals surface area contributed by atoms with Gasteiger partial charge in [0.2, 0.25) is 23.6 Å². The van der Waals surface area contributed by atoms with Crippen molar-refractivity contribution in [3.63, 3.8) is 0 Å². The second kappa shape index (κ2) is 12.6. The van der Waals surface area contributed by atoms with Crippen molar-refractivity contribution in [2.75, 3.05) is 6.54 Å². The van der Waals surface area contributed by atoms with Gasteiger partial charge in [0.25, 0.3) is 0 Å². The highest BCUT2D eigenvalue weighted by molar-refractivity contribution is 5.95. The zero-order chi connectivity index (χ0) is 24.4.